The van der Waals surface area contributed by atoms with Crippen LogP contribution in [0.2, 0.25) is 0 Å². The summed E-state index contributed by atoms with van der Waals surface area (Å²) in [6, 6.07) is 5.85. The second-order valence-corrected chi connectivity index (χ2v) is 5.31. The minimum Gasteiger partial charge on any atom is -0.437 e. The molecule has 0 spiro atoms. The third kappa shape index (κ3) is 2.81. The molecule has 0 radical (unpaired) electrons. The van der Waals surface area contributed by atoms with E-state index in [2.05, 4.69) is 47.1 Å². The highest BCUT2D eigenvalue weighted by Gasteiger charge is 2.11. The Bertz CT molecular complexity index is 575. The van der Waals surface area contributed by atoms with E-state index in [4.69, 9.17) is 4.74 Å². The maximum atomic E-state index is 5.80. The summed E-state index contributed by atoms with van der Waals surface area (Å²) in [4.78, 5) is 8.20. The number of rotatable bonds is 3. The number of hydrogen-bond acceptors (Lipinski definition) is 4. The molecule has 0 unspecified atom stereocenters. The molecule has 0 aliphatic heterocycles. The summed E-state index contributed by atoms with van der Waals surface area (Å²) < 4.78 is 7.46. The summed E-state index contributed by atoms with van der Waals surface area (Å²) >= 11 is 6.84. The van der Waals surface area contributed by atoms with Crippen molar-refractivity contribution in [2.24, 2.45) is 0 Å². The Morgan fingerprint density at radius 3 is 2.72 bits per heavy atom. The van der Waals surface area contributed by atoms with Gasteiger partial charge in [-0.3, -0.25) is 0 Å². The van der Waals surface area contributed by atoms with Crippen molar-refractivity contribution >= 4 is 37.7 Å². The summed E-state index contributed by atoms with van der Waals surface area (Å²) in [6.45, 7) is 1.98. The minimum atomic E-state index is 0.482. The van der Waals surface area contributed by atoms with E-state index in [9.17, 15) is 0 Å². The molecule has 1 heterocycles. The van der Waals surface area contributed by atoms with Crippen LogP contribution in [0.1, 0.15) is 5.56 Å². The molecular weight excluding hydrogens is 362 g/mol. The molecule has 1 aromatic heterocycles. The quantitative estimate of drug-likeness (QED) is 0.879. The molecule has 0 atom stereocenters. The fourth-order valence-electron chi connectivity index (χ4n) is 1.39. The number of aromatic nitrogens is 2. The smallest absolute Gasteiger partial charge is 0.238 e. The van der Waals surface area contributed by atoms with Crippen LogP contribution in [0.15, 0.2) is 33.5 Å². The number of benzene rings is 1. The van der Waals surface area contributed by atoms with Crippen LogP contribution in [0.3, 0.4) is 0 Å². The van der Waals surface area contributed by atoms with E-state index in [1.165, 1.54) is 6.33 Å². The van der Waals surface area contributed by atoms with E-state index >= 15 is 0 Å². The lowest BCUT2D eigenvalue weighted by Gasteiger charge is -2.11. The van der Waals surface area contributed by atoms with Gasteiger partial charge in [-0.25, -0.2) is 9.97 Å². The van der Waals surface area contributed by atoms with Crippen LogP contribution in [0.25, 0.3) is 0 Å². The molecular formula is C12H11Br2N3O. The van der Waals surface area contributed by atoms with Gasteiger partial charge in [-0.05, 0) is 40.5 Å². The largest absolute Gasteiger partial charge is 0.437 e. The molecule has 0 aliphatic carbocycles. The van der Waals surface area contributed by atoms with Crippen molar-refractivity contribution < 1.29 is 4.74 Å². The summed E-state index contributed by atoms with van der Waals surface area (Å²) in [5.74, 6) is 1.93. The molecule has 0 saturated carbocycles. The Morgan fingerprint density at radius 1 is 1.22 bits per heavy atom. The first-order valence-corrected chi connectivity index (χ1v) is 6.82. The second kappa shape index (κ2) is 5.67. The van der Waals surface area contributed by atoms with E-state index in [-0.39, 0.29) is 0 Å². The van der Waals surface area contributed by atoms with Crippen LogP contribution in [-0.4, -0.2) is 17.0 Å². The van der Waals surface area contributed by atoms with Gasteiger partial charge in [-0.15, -0.1) is 0 Å². The van der Waals surface area contributed by atoms with Crippen LogP contribution in [-0.2, 0) is 0 Å². The van der Waals surface area contributed by atoms with Gasteiger partial charge in [0.15, 0.2) is 0 Å². The Labute approximate surface area is 122 Å². The Kier molecular flexibility index (Phi) is 4.19. The van der Waals surface area contributed by atoms with Gasteiger partial charge >= 0.3 is 0 Å². The summed E-state index contributed by atoms with van der Waals surface area (Å²) in [7, 11) is 1.79. The molecule has 18 heavy (non-hydrogen) atoms. The van der Waals surface area contributed by atoms with Gasteiger partial charge in [0.25, 0.3) is 0 Å². The zero-order chi connectivity index (χ0) is 13.1. The third-order valence-electron chi connectivity index (χ3n) is 2.35. The van der Waals surface area contributed by atoms with Crippen LogP contribution < -0.4 is 10.1 Å². The molecule has 0 bridgehead atoms. The van der Waals surface area contributed by atoms with Crippen molar-refractivity contribution in [1.82, 2.24) is 9.97 Å². The monoisotopic (exact) mass is 371 g/mol. The van der Waals surface area contributed by atoms with E-state index in [0.717, 1.165) is 15.8 Å². The van der Waals surface area contributed by atoms with Gasteiger partial charge in [-0.1, -0.05) is 22.0 Å². The van der Waals surface area contributed by atoms with Crippen molar-refractivity contribution in [3.8, 4) is 11.6 Å². The second-order valence-electron chi connectivity index (χ2n) is 3.60. The van der Waals surface area contributed by atoms with Crippen LogP contribution in [0.5, 0.6) is 11.6 Å². The first kappa shape index (κ1) is 13.3. The number of aryl methyl sites for hydroxylation is 1. The molecule has 2 aromatic rings. The van der Waals surface area contributed by atoms with E-state index in [1.54, 1.807) is 7.05 Å². The Hall–Kier alpha value is -1.14. The number of ether oxygens (including phenoxy) is 1. The highest BCUT2D eigenvalue weighted by Crippen LogP contribution is 2.33. The van der Waals surface area contributed by atoms with Crippen molar-refractivity contribution in [1.29, 1.82) is 0 Å². The van der Waals surface area contributed by atoms with Crippen molar-refractivity contribution in [2.45, 2.75) is 6.92 Å². The normalized spacial score (nSPS) is 10.2. The molecule has 94 valence electrons. The molecule has 0 fully saturated rings. The molecule has 4 nitrogen and oxygen atoms in total. The maximum absolute atomic E-state index is 5.80. The lowest BCUT2D eigenvalue weighted by Crippen LogP contribution is -1.98. The summed E-state index contributed by atoms with van der Waals surface area (Å²) in [5.41, 5.74) is 1.04. The third-order valence-corrected chi connectivity index (χ3v) is 3.56. The first-order chi connectivity index (χ1) is 8.61. The fourth-order valence-corrected chi connectivity index (χ4v) is 2.21. The number of anilines is 1. The molecule has 0 amide bonds. The number of hydrogen-bond donors (Lipinski definition) is 1. The molecule has 0 aliphatic rings. The van der Waals surface area contributed by atoms with Crippen molar-refractivity contribution in [2.75, 3.05) is 12.4 Å². The molecule has 6 heteroatoms. The zero-order valence-electron chi connectivity index (χ0n) is 9.87. The van der Waals surface area contributed by atoms with Crippen molar-refractivity contribution in [3.05, 3.63) is 39.0 Å². The van der Waals surface area contributed by atoms with Gasteiger partial charge in [0.05, 0.1) is 0 Å². The van der Waals surface area contributed by atoms with Gasteiger partial charge in [0, 0.05) is 11.5 Å². The van der Waals surface area contributed by atoms with E-state index < -0.39 is 0 Å². The lowest BCUT2D eigenvalue weighted by molar-refractivity contribution is 0.455. The fraction of sp³-hybridized carbons (Fsp3) is 0.167. The topological polar surface area (TPSA) is 47.0 Å². The summed E-state index contributed by atoms with van der Waals surface area (Å²) in [5, 5.41) is 2.96. The Morgan fingerprint density at radius 2 is 2.00 bits per heavy atom. The van der Waals surface area contributed by atoms with Gasteiger partial charge < -0.3 is 10.1 Å². The summed E-state index contributed by atoms with van der Waals surface area (Å²) in [6.07, 6.45) is 1.46. The SMILES string of the molecule is CNc1ncnc(Oc2cc(Br)ccc2C)c1Br. The van der Waals surface area contributed by atoms with E-state index in [1.807, 2.05) is 25.1 Å². The predicted octanol–water partition coefficient (Wildman–Crippen LogP) is 4.14. The molecule has 1 N–H and O–H groups in total. The molecule has 0 saturated heterocycles. The number of nitrogens with one attached hydrogen (secondary N) is 1. The first-order valence-electron chi connectivity index (χ1n) is 5.24. The molecule has 2 rings (SSSR count). The number of halogens is 2. The van der Waals surface area contributed by atoms with Crippen LogP contribution >= 0.6 is 31.9 Å². The zero-order valence-corrected chi connectivity index (χ0v) is 13.0. The van der Waals surface area contributed by atoms with Crippen LogP contribution in [0, 0.1) is 6.92 Å². The highest BCUT2D eigenvalue weighted by atomic mass is 79.9. The average Bonchev–Trinajstić information content (AvgIpc) is 2.36. The Balaban J connectivity index is 2.37. The maximum Gasteiger partial charge on any atom is 0.238 e. The standard InChI is InChI=1S/C12H11Br2N3O/c1-7-3-4-8(13)5-9(7)18-12-10(14)11(15-2)16-6-17-12/h3-6H,1-2H3,(H,15,16,17). The van der Waals surface area contributed by atoms with Crippen molar-refractivity contribution in [3.63, 3.8) is 0 Å². The van der Waals surface area contributed by atoms with Gasteiger partial charge in [-0.2, -0.15) is 0 Å². The molecule has 1 aromatic carbocycles. The van der Waals surface area contributed by atoms with E-state index in [0.29, 0.717) is 16.2 Å². The van der Waals surface area contributed by atoms with Gasteiger partial charge in [0.2, 0.25) is 5.88 Å². The predicted molar refractivity (Wildman–Crippen MR) is 78.2 cm³/mol. The average molecular weight is 373 g/mol. The number of nitrogens with zero attached hydrogens (tertiary/aromatic N) is 2. The van der Waals surface area contributed by atoms with Crippen LogP contribution in [0.4, 0.5) is 5.82 Å². The minimum absolute atomic E-state index is 0.482. The van der Waals surface area contributed by atoms with Gasteiger partial charge in [0.1, 0.15) is 22.4 Å². The highest BCUT2D eigenvalue weighted by molar-refractivity contribution is 9.11. The lowest BCUT2D eigenvalue weighted by atomic mass is 10.2.